The maximum Gasteiger partial charge on any atom is 0.234 e. The minimum atomic E-state index is 0.0505. The van der Waals surface area contributed by atoms with E-state index in [1.165, 1.54) is 0 Å². The third-order valence-electron chi connectivity index (χ3n) is 7.20. The Morgan fingerprint density at radius 2 is 1.76 bits per heavy atom. The largest absolute Gasteiger partial charge is 0.507 e. The standard InChI is InChI=1S/C29H38N6O2/c1-19(29(2,3)4)31-27(37)18-35-15-13-22(14-16-35)32-21-11-9-20(10-12-21)24-17-25(33-34-28(24)30)23-7-5-6-8-26(23)36/h5-12,17,19,22,32,36H,13-16,18H2,1-4H3,(H2,30,34)(H,31,37). The lowest BCUT2D eigenvalue weighted by Gasteiger charge is -2.33. The third kappa shape index (κ3) is 6.77. The number of amides is 1. The van der Waals surface area contributed by atoms with Gasteiger partial charge in [-0.1, -0.05) is 45.0 Å². The van der Waals surface area contributed by atoms with Gasteiger partial charge in [0, 0.05) is 42.0 Å². The Hall–Kier alpha value is -3.65. The van der Waals surface area contributed by atoms with E-state index in [-0.39, 0.29) is 23.1 Å². The van der Waals surface area contributed by atoms with Crippen molar-refractivity contribution < 1.29 is 9.90 Å². The Bertz CT molecular complexity index is 1210. The fourth-order valence-corrected chi connectivity index (χ4v) is 4.38. The fourth-order valence-electron chi connectivity index (χ4n) is 4.38. The van der Waals surface area contributed by atoms with Crippen LogP contribution in [0.5, 0.6) is 5.75 Å². The normalized spacial score (nSPS) is 15.8. The van der Waals surface area contributed by atoms with Crippen LogP contribution < -0.4 is 16.4 Å². The molecule has 0 radical (unpaired) electrons. The number of aromatic nitrogens is 2. The number of para-hydroxylation sites is 1. The van der Waals surface area contributed by atoms with Gasteiger partial charge in [-0.05, 0) is 61.1 Å². The number of anilines is 2. The number of hydrogen-bond acceptors (Lipinski definition) is 7. The molecule has 8 heteroatoms. The zero-order valence-electron chi connectivity index (χ0n) is 22.2. The Kier molecular flexibility index (Phi) is 7.97. The molecule has 1 aliphatic rings. The van der Waals surface area contributed by atoms with Crippen molar-refractivity contribution in [1.82, 2.24) is 20.4 Å². The molecular formula is C29H38N6O2. The number of benzene rings is 2. The monoisotopic (exact) mass is 502 g/mol. The number of likely N-dealkylation sites (tertiary alicyclic amines) is 1. The van der Waals surface area contributed by atoms with Gasteiger partial charge in [0.15, 0.2) is 5.82 Å². The van der Waals surface area contributed by atoms with Crippen LogP contribution in [0.2, 0.25) is 0 Å². The number of rotatable bonds is 7. The maximum atomic E-state index is 12.4. The van der Waals surface area contributed by atoms with Gasteiger partial charge in [0.05, 0.1) is 12.2 Å². The average Bonchev–Trinajstić information content (AvgIpc) is 2.86. The topological polar surface area (TPSA) is 116 Å². The number of piperidine rings is 1. The highest BCUT2D eigenvalue weighted by molar-refractivity contribution is 5.80. The second kappa shape index (κ2) is 11.2. The lowest BCUT2D eigenvalue weighted by atomic mass is 9.88. The quantitative estimate of drug-likeness (QED) is 0.375. The summed E-state index contributed by atoms with van der Waals surface area (Å²) in [7, 11) is 0. The van der Waals surface area contributed by atoms with Crippen molar-refractivity contribution in [2.45, 2.75) is 52.6 Å². The number of nitrogens with one attached hydrogen (secondary N) is 2. The highest BCUT2D eigenvalue weighted by Crippen LogP contribution is 2.32. The highest BCUT2D eigenvalue weighted by Gasteiger charge is 2.24. The van der Waals surface area contributed by atoms with Crippen LogP contribution in [0.4, 0.5) is 11.5 Å². The number of nitrogens with zero attached hydrogens (tertiary/aromatic N) is 3. The lowest BCUT2D eigenvalue weighted by Crippen LogP contribution is -2.48. The van der Waals surface area contributed by atoms with Crippen LogP contribution in [0, 0.1) is 5.41 Å². The van der Waals surface area contributed by atoms with E-state index >= 15 is 0 Å². The van der Waals surface area contributed by atoms with Crippen LogP contribution in [0.25, 0.3) is 22.4 Å². The minimum Gasteiger partial charge on any atom is -0.507 e. The van der Waals surface area contributed by atoms with Crippen molar-refractivity contribution in [2.24, 2.45) is 5.41 Å². The minimum absolute atomic E-state index is 0.0505. The predicted octanol–water partition coefficient (Wildman–Crippen LogP) is 4.53. The van der Waals surface area contributed by atoms with Gasteiger partial charge in [0.2, 0.25) is 5.91 Å². The van der Waals surface area contributed by atoms with Crippen molar-refractivity contribution >= 4 is 17.4 Å². The molecule has 1 saturated heterocycles. The molecule has 1 amide bonds. The van der Waals surface area contributed by atoms with Gasteiger partial charge < -0.3 is 21.5 Å². The van der Waals surface area contributed by atoms with Crippen LogP contribution >= 0.6 is 0 Å². The summed E-state index contributed by atoms with van der Waals surface area (Å²) in [5.41, 5.74) is 10.1. The molecule has 2 aromatic carbocycles. The van der Waals surface area contributed by atoms with Crippen LogP contribution in [0.15, 0.2) is 54.6 Å². The van der Waals surface area contributed by atoms with Gasteiger partial charge in [0.25, 0.3) is 0 Å². The second-order valence-electron chi connectivity index (χ2n) is 11.0. The molecule has 196 valence electrons. The number of hydrogen-bond donors (Lipinski definition) is 4. The molecule has 1 aromatic heterocycles. The lowest BCUT2D eigenvalue weighted by molar-refractivity contribution is -0.123. The first-order valence-electron chi connectivity index (χ1n) is 12.9. The van der Waals surface area contributed by atoms with E-state index in [9.17, 15) is 9.90 Å². The van der Waals surface area contributed by atoms with Gasteiger partial charge in [-0.15, -0.1) is 10.2 Å². The molecule has 0 bridgehead atoms. The van der Waals surface area contributed by atoms with Crippen molar-refractivity contribution in [3.05, 3.63) is 54.6 Å². The summed E-state index contributed by atoms with van der Waals surface area (Å²) in [6.45, 7) is 10.7. The molecule has 3 aromatic rings. The Morgan fingerprint density at radius 3 is 2.41 bits per heavy atom. The van der Waals surface area contributed by atoms with Crippen LogP contribution in [-0.2, 0) is 4.79 Å². The van der Waals surface area contributed by atoms with Crippen molar-refractivity contribution in [1.29, 1.82) is 0 Å². The Balaban J connectivity index is 1.33. The van der Waals surface area contributed by atoms with Gasteiger partial charge in [-0.25, -0.2) is 0 Å². The summed E-state index contributed by atoms with van der Waals surface area (Å²) >= 11 is 0. The third-order valence-corrected chi connectivity index (χ3v) is 7.20. The van der Waals surface area contributed by atoms with Crippen LogP contribution in [0.3, 0.4) is 0 Å². The summed E-state index contributed by atoms with van der Waals surface area (Å²) in [5, 5.41) is 25.2. The molecule has 8 nitrogen and oxygen atoms in total. The molecule has 0 saturated carbocycles. The van der Waals surface area contributed by atoms with Crippen molar-refractivity contribution in [2.75, 3.05) is 30.7 Å². The predicted molar refractivity (Wildman–Crippen MR) is 149 cm³/mol. The zero-order chi connectivity index (χ0) is 26.6. The smallest absolute Gasteiger partial charge is 0.234 e. The van der Waals surface area contributed by atoms with E-state index in [4.69, 9.17) is 5.73 Å². The number of phenolic OH excluding ortho intramolecular Hbond substituents is 1. The number of nitrogens with two attached hydrogens (primary N) is 1. The molecule has 37 heavy (non-hydrogen) atoms. The number of carbonyl (C=O) groups excluding carboxylic acids is 1. The SMILES string of the molecule is CC(NC(=O)CN1CCC(Nc2ccc(-c3cc(-c4ccccc4O)nnc3N)cc2)CC1)C(C)(C)C. The van der Waals surface area contributed by atoms with Gasteiger partial charge in [0.1, 0.15) is 5.75 Å². The van der Waals surface area contributed by atoms with E-state index in [0.717, 1.165) is 42.7 Å². The molecule has 5 N–H and O–H groups in total. The molecule has 1 fully saturated rings. The van der Waals surface area contributed by atoms with Gasteiger partial charge >= 0.3 is 0 Å². The summed E-state index contributed by atoms with van der Waals surface area (Å²) in [6, 6.07) is 17.5. The zero-order valence-corrected chi connectivity index (χ0v) is 22.2. The van der Waals surface area contributed by atoms with Gasteiger partial charge in [-0.2, -0.15) is 0 Å². The van der Waals surface area contributed by atoms with E-state index < -0.39 is 0 Å². The molecule has 1 aliphatic heterocycles. The molecule has 0 spiro atoms. The molecule has 2 heterocycles. The van der Waals surface area contributed by atoms with Gasteiger partial charge in [-0.3, -0.25) is 9.69 Å². The van der Waals surface area contributed by atoms with Crippen LogP contribution in [-0.4, -0.2) is 57.8 Å². The molecule has 0 aliphatic carbocycles. The Morgan fingerprint density at radius 1 is 1.08 bits per heavy atom. The summed E-state index contributed by atoms with van der Waals surface area (Å²) in [4.78, 5) is 14.7. The molecule has 1 atom stereocenters. The fraction of sp³-hybridized carbons (Fsp3) is 0.414. The van der Waals surface area contributed by atoms with E-state index in [0.29, 0.717) is 29.7 Å². The first kappa shape index (κ1) is 26.4. The molecule has 1 unspecified atom stereocenters. The number of carbonyl (C=O) groups is 1. The Labute approximate surface area is 219 Å². The summed E-state index contributed by atoms with van der Waals surface area (Å²) < 4.78 is 0. The van der Waals surface area contributed by atoms with Crippen molar-refractivity contribution in [3.63, 3.8) is 0 Å². The van der Waals surface area contributed by atoms with Crippen LogP contribution in [0.1, 0.15) is 40.5 Å². The summed E-state index contributed by atoms with van der Waals surface area (Å²) in [5.74, 6) is 0.589. The van der Waals surface area contributed by atoms with E-state index in [2.05, 4.69) is 53.4 Å². The first-order valence-corrected chi connectivity index (χ1v) is 12.9. The number of aromatic hydroxyl groups is 1. The van der Waals surface area contributed by atoms with E-state index in [1.54, 1.807) is 18.2 Å². The average molecular weight is 503 g/mol. The molecular weight excluding hydrogens is 464 g/mol. The number of phenols is 1. The van der Waals surface area contributed by atoms with E-state index in [1.807, 2.05) is 36.4 Å². The second-order valence-corrected chi connectivity index (χ2v) is 11.0. The summed E-state index contributed by atoms with van der Waals surface area (Å²) in [6.07, 6.45) is 1.96. The number of nitrogen functional groups attached to an aromatic ring is 1. The maximum absolute atomic E-state index is 12.4. The first-order chi connectivity index (χ1) is 17.6. The van der Waals surface area contributed by atoms with Crippen molar-refractivity contribution in [3.8, 4) is 28.1 Å². The molecule has 4 rings (SSSR count). The highest BCUT2D eigenvalue weighted by atomic mass is 16.3.